The van der Waals surface area contributed by atoms with Crippen molar-refractivity contribution in [3.8, 4) is 0 Å². The summed E-state index contributed by atoms with van der Waals surface area (Å²) >= 11 is 0. The van der Waals surface area contributed by atoms with E-state index in [9.17, 15) is 0 Å². The first kappa shape index (κ1) is 13.6. The number of hydrogen-bond donors (Lipinski definition) is 0. The van der Waals surface area contributed by atoms with Crippen LogP contribution in [0.2, 0.25) is 0 Å². The number of aromatic nitrogens is 1. The van der Waals surface area contributed by atoms with Crippen LogP contribution < -0.4 is 9.67 Å². The van der Waals surface area contributed by atoms with E-state index in [1.807, 2.05) is 0 Å². The molecule has 0 aliphatic rings. The monoisotopic (exact) mass is 209 g/mol. The number of carbonyl (C=O) groups is 1. The molecular weight excluding hydrogens is 190 g/mol. The number of aliphatic carboxylic acids is 1. The molecule has 0 saturated heterocycles. The van der Waals surface area contributed by atoms with Gasteiger partial charge in [-0.2, -0.15) is 0 Å². The Morgan fingerprint density at radius 1 is 1.47 bits per heavy atom. The van der Waals surface area contributed by atoms with Gasteiger partial charge in [0, 0.05) is 31.4 Å². The van der Waals surface area contributed by atoms with Crippen molar-refractivity contribution in [2.75, 3.05) is 0 Å². The van der Waals surface area contributed by atoms with Crippen molar-refractivity contribution < 1.29 is 14.5 Å². The molecule has 0 aliphatic heterocycles. The molecule has 0 radical (unpaired) electrons. The summed E-state index contributed by atoms with van der Waals surface area (Å²) in [5.74, 6) is -1.08. The van der Waals surface area contributed by atoms with Crippen LogP contribution >= 0.6 is 0 Å². The third-order valence-corrected chi connectivity index (χ3v) is 1.92. The van der Waals surface area contributed by atoms with E-state index >= 15 is 0 Å². The third-order valence-electron chi connectivity index (χ3n) is 1.92. The van der Waals surface area contributed by atoms with E-state index < -0.39 is 5.97 Å². The molecule has 0 unspecified atom stereocenters. The van der Waals surface area contributed by atoms with Gasteiger partial charge in [0.1, 0.15) is 6.54 Å². The molecule has 3 heteroatoms. The zero-order valence-corrected chi connectivity index (χ0v) is 9.69. The molecule has 0 saturated carbocycles. The van der Waals surface area contributed by atoms with E-state index in [-0.39, 0.29) is 0 Å². The second kappa shape index (κ2) is 7.97. The Balaban J connectivity index is 0.000000423. The number of hydrogen-bond acceptors (Lipinski definition) is 2. The first-order chi connectivity index (χ1) is 7.07. The lowest BCUT2D eigenvalue weighted by Gasteiger charge is -1.97. The van der Waals surface area contributed by atoms with Gasteiger partial charge in [-0.05, 0) is 6.92 Å². The maximum atomic E-state index is 8.89. The summed E-state index contributed by atoms with van der Waals surface area (Å²) < 4.78 is 2.30. The van der Waals surface area contributed by atoms with Gasteiger partial charge >= 0.3 is 0 Å². The van der Waals surface area contributed by atoms with Gasteiger partial charge < -0.3 is 9.90 Å². The predicted molar refractivity (Wildman–Crippen MR) is 57.0 cm³/mol. The van der Waals surface area contributed by atoms with Crippen molar-refractivity contribution in [3.63, 3.8) is 0 Å². The highest BCUT2D eigenvalue weighted by Gasteiger charge is 2.01. The highest BCUT2D eigenvalue weighted by atomic mass is 16.4. The lowest BCUT2D eigenvalue weighted by molar-refractivity contribution is -0.703. The molecule has 0 atom stereocenters. The fourth-order valence-corrected chi connectivity index (χ4v) is 1.14. The number of carbonyl (C=O) groups excluding carboxylic acids is 1. The maximum absolute atomic E-state index is 8.89. The second-order valence-electron chi connectivity index (χ2n) is 3.38. The highest BCUT2D eigenvalue weighted by Crippen LogP contribution is 1.91. The summed E-state index contributed by atoms with van der Waals surface area (Å²) in [6, 6.07) is 6.32. The Morgan fingerprint density at radius 3 is 2.53 bits per heavy atom. The molecule has 1 aromatic rings. The van der Waals surface area contributed by atoms with E-state index in [0.717, 1.165) is 13.5 Å². The minimum Gasteiger partial charge on any atom is -0.550 e. The lowest BCUT2D eigenvalue weighted by Crippen LogP contribution is -2.36. The Hall–Kier alpha value is -1.38. The van der Waals surface area contributed by atoms with Gasteiger partial charge in [0.2, 0.25) is 0 Å². The Kier molecular flexibility index (Phi) is 7.24. The molecule has 0 amide bonds. The molecule has 1 heterocycles. The molecule has 1 aromatic heterocycles. The van der Waals surface area contributed by atoms with Crippen LogP contribution in [0.25, 0.3) is 0 Å². The number of carboxylic acids is 1. The van der Waals surface area contributed by atoms with Gasteiger partial charge in [-0.3, -0.25) is 0 Å². The van der Waals surface area contributed by atoms with E-state index in [4.69, 9.17) is 9.90 Å². The van der Waals surface area contributed by atoms with Crippen LogP contribution in [0.1, 0.15) is 32.4 Å². The highest BCUT2D eigenvalue weighted by molar-refractivity contribution is 5.60. The average Bonchev–Trinajstić information content (AvgIpc) is 2.16. The molecule has 3 nitrogen and oxygen atoms in total. The van der Waals surface area contributed by atoms with Crippen molar-refractivity contribution in [1.82, 2.24) is 0 Å². The fraction of sp³-hybridized carbons (Fsp3) is 0.500. The Morgan fingerprint density at radius 2 is 2.07 bits per heavy atom. The van der Waals surface area contributed by atoms with Gasteiger partial charge in [-0.1, -0.05) is 19.4 Å². The van der Waals surface area contributed by atoms with Crippen LogP contribution in [0.5, 0.6) is 0 Å². The van der Waals surface area contributed by atoms with Gasteiger partial charge in [0.15, 0.2) is 11.9 Å². The summed E-state index contributed by atoms with van der Waals surface area (Å²) in [7, 11) is 0. The molecule has 0 aliphatic carbocycles. The molecule has 1 rings (SSSR count). The molecule has 15 heavy (non-hydrogen) atoms. The average molecular weight is 209 g/mol. The SMILES string of the molecule is CC(=O)[O-].CCCC[n+]1ccccc1C. The van der Waals surface area contributed by atoms with E-state index in [1.54, 1.807) is 0 Å². The smallest absolute Gasteiger partial charge is 0.178 e. The van der Waals surface area contributed by atoms with Crippen LogP contribution in [0.3, 0.4) is 0 Å². The van der Waals surface area contributed by atoms with Gasteiger partial charge in [0.05, 0.1) is 0 Å². The van der Waals surface area contributed by atoms with Gasteiger partial charge in [-0.25, -0.2) is 4.57 Å². The third kappa shape index (κ3) is 7.67. The molecule has 0 N–H and O–H groups in total. The quantitative estimate of drug-likeness (QED) is 0.692. The van der Waals surface area contributed by atoms with Crippen LogP contribution in [0.15, 0.2) is 24.4 Å². The number of pyridine rings is 1. The van der Waals surface area contributed by atoms with Crippen molar-refractivity contribution in [1.29, 1.82) is 0 Å². The topological polar surface area (TPSA) is 44.0 Å². The van der Waals surface area contributed by atoms with Crippen molar-refractivity contribution >= 4 is 5.97 Å². The van der Waals surface area contributed by atoms with Crippen molar-refractivity contribution in [3.05, 3.63) is 30.1 Å². The molecule has 0 bridgehead atoms. The van der Waals surface area contributed by atoms with Gasteiger partial charge in [0.25, 0.3) is 0 Å². The van der Waals surface area contributed by atoms with Crippen LogP contribution in [0.4, 0.5) is 0 Å². The summed E-state index contributed by atoms with van der Waals surface area (Å²) in [5, 5.41) is 8.89. The van der Waals surface area contributed by atoms with E-state index in [2.05, 4.69) is 42.8 Å². The normalized spacial score (nSPS) is 9.00. The standard InChI is InChI=1S/C10H16N.C2H4O2/c1-3-4-8-11-9-6-5-7-10(11)2;1-2(3)4/h5-7,9H,3-4,8H2,1-2H3;1H3,(H,3,4)/q+1;/p-1. The summed E-state index contributed by atoms with van der Waals surface area (Å²) in [4.78, 5) is 8.89. The molecule has 0 aromatic carbocycles. The number of rotatable bonds is 3. The molecular formula is C12H19NO2. The number of aryl methyl sites for hydroxylation is 2. The van der Waals surface area contributed by atoms with Crippen LogP contribution in [-0.4, -0.2) is 5.97 Å². The molecule has 84 valence electrons. The first-order valence-electron chi connectivity index (χ1n) is 5.20. The van der Waals surface area contributed by atoms with Crippen LogP contribution in [-0.2, 0) is 11.3 Å². The summed E-state index contributed by atoms with van der Waals surface area (Å²) in [6.45, 7) is 6.50. The van der Waals surface area contributed by atoms with E-state index in [0.29, 0.717) is 0 Å². The number of unbranched alkanes of at least 4 members (excludes halogenated alkanes) is 1. The van der Waals surface area contributed by atoms with E-state index in [1.165, 1.54) is 18.5 Å². The number of carboxylic acid groups (broad SMARTS) is 1. The second-order valence-corrected chi connectivity index (χ2v) is 3.38. The van der Waals surface area contributed by atoms with Crippen molar-refractivity contribution in [2.24, 2.45) is 0 Å². The van der Waals surface area contributed by atoms with Crippen LogP contribution in [0, 0.1) is 6.92 Å². The minimum absolute atomic E-state index is 0.972. The van der Waals surface area contributed by atoms with Gasteiger partial charge in [-0.15, -0.1) is 0 Å². The largest absolute Gasteiger partial charge is 0.550 e. The Bertz CT molecular complexity index is 293. The molecule has 0 fully saturated rings. The Labute approximate surface area is 91.4 Å². The van der Waals surface area contributed by atoms with Crippen molar-refractivity contribution in [2.45, 2.75) is 40.2 Å². The minimum atomic E-state index is -1.08. The number of nitrogens with zero attached hydrogens (tertiary/aromatic N) is 1. The zero-order valence-electron chi connectivity index (χ0n) is 9.69. The first-order valence-corrected chi connectivity index (χ1v) is 5.20. The predicted octanol–water partition coefficient (Wildman–Crippen LogP) is 0.839. The zero-order chi connectivity index (χ0) is 11.7. The fourth-order valence-electron chi connectivity index (χ4n) is 1.14. The lowest BCUT2D eigenvalue weighted by atomic mass is 10.3. The summed E-state index contributed by atoms with van der Waals surface area (Å²) in [6.07, 6.45) is 4.68. The summed E-state index contributed by atoms with van der Waals surface area (Å²) in [5.41, 5.74) is 1.35. The maximum Gasteiger partial charge on any atom is 0.178 e. The molecule has 0 spiro atoms.